The van der Waals surface area contributed by atoms with Gasteiger partial charge < -0.3 is 24.8 Å². The van der Waals surface area contributed by atoms with E-state index in [-0.39, 0.29) is 0 Å². The van der Waals surface area contributed by atoms with Crippen LogP contribution < -0.4 is 20.3 Å². The highest BCUT2D eigenvalue weighted by atomic mass is 32.1. The zero-order valence-corrected chi connectivity index (χ0v) is 16.0. The molecule has 0 bridgehead atoms. The van der Waals surface area contributed by atoms with Crippen molar-refractivity contribution in [2.75, 3.05) is 26.1 Å². The molecule has 0 atom stereocenters. The van der Waals surface area contributed by atoms with Crippen molar-refractivity contribution >= 4 is 29.0 Å². The van der Waals surface area contributed by atoms with Crippen molar-refractivity contribution in [2.45, 2.75) is 6.42 Å². The highest BCUT2D eigenvalue weighted by Gasteiger charge is 2.11. The first-order valence-corrected chi connectivity index (χ1v) is 9.35. The summed E-state index contributed by atoms with van der Waals surface area (Å²) in [6.07, 6.45) is 0.832. The normalized spacial score (nSPS) is 10.5. The maximum absolute atomic E-state index is 9.16. The third kappa shape index (κ3) is 4.79. The van der Waals surface area contributed by atoms with E-state index in [0.717, 1.165) is 46.4 Å². The van der Waals surface area contributed by atoms with Gasteiger partial charge in [-0.15, -0.1) is 11.3 Å². The molecule has 3 rings (SSSR count). The van der Waals surface area contributed by atoms with E-state index in [1.807, 2.05) is 35.7 Å². The summed E-state index contributed by atoms with van der Waals surface area (Å²) in [5.74, 6) is 1.45. The van der Waals surface area contributed by atoms with Crippen LogP contribution in [0.4, 0.5) is 5.13 Å². The Balaban J connectivity index is 1.58. The lowest BCUT2D eigenvalue weighted by Crippen LogP contribution is -2.29. The Bertz CT molecular complexity index is 884. The number of anilines is 1. The minimum atomic E-state index is -1.46. The topological polar surface area (TPSA) is 83.8 Å². The van der Waals surface area contributed by atoms with Crippen LogP contribution in [0.1, 0.15) is 5.56 Å². The van der Waals surface area contributed by atoms with E-state index < -0.39 is 7.12 Å². The largest absolute Gasteiger partial charge is 0.493 e. The first-order chi connectivity index (χ1) is 13.1. The van der Waals surface area contributed by atoms with Gasteiger partial charge in [0.15, 0.2) is 16.6 Å². The standard InChI is InChI=1S/C19H21BN2O4S/c1-25-17-8-3-13(11-18(17)26-2)9-10-21-19-22-16(12-27-19)14-4-6-15(7-5-14)20(23)24/h3-8,11-12,23-24H,9-10H2,1-2H3,(H,21,22). The molecule has 3 aromatic rings. The molecular weight excluding hydrogens is 363 g/mol. The van der Waals surface area contributed by atoms with Gasteiger partial charge in [0.25, 0.3) is 0 Å². The summed E-state index contributed by atoms with van der Waals surface area (Å²) in [5, 5.41) is 24.5. The lowest BCUT2D eigenvalue weighted by molar-refractivity contribution is 0.354. The van der Waals surface area contributed by atoms with E-state index in [9.17, 15) is 0 Å². The second-order valence-corrected chi connectivity index (χ2v) is 6.76. The summed E-state index contributed by atoms with van der Waals surface area (Å²) in [6, 6.07) is 12.9. The van der Waals surface area contributed by atoms with Crippen LogP contribution >= 0.6 is 11.3 Å². The molecule has 140 valence electrons. The molecule has 3 N–H and O–H groups in total. The predicted octanol–water partition coefficient (Wildman–Crippen LogP) is 2.16. The molecule has 6 nitrogen and oxygen atoms in total. The van der Waals surface area contributed by atoms with E-state index >= 15 is 0 Å². The fraction of sp³-hybridized carbons (Fsp3) is 0.211. The molecule has 0 saturated carbocycles. The molecule has 0 saturated heterocycles. The number of nitrogens with one attached hydrogen (secondary N) is 1. The zero-order chi connectivity index (χ0) is 19.2. The van der Waals surface area contributed by atoms with Crippen LogP contribution in [0.5, 0.6) is 11.5 Å². The van der Waals surface area contributed by atoms with Crippen molar-refractivity contribution in [1.29, 1.82) is 0 Å². The lowest BCUT2D eigenvalue weighted by Gasteiger charge is -2.09. The third-order valence-electron chi connectivity index (χ3n) is 4.15. The van der Waals surface area contributed by atoms with Crippen LogP contribution in [-0.4, -0.2) is 42.9 Å². The molecule has 0 fully saturated rings. The van der Waals surface area contributed by atoms with Crippen molar-refractivity contribution in [3.63, 3.8) is 0 Å². The van der Waals surface area contributed by atoms with Gasteiger partial charge in [-0.25, -0.2) is 4.98 Å². The number of nitrogens with zero attached hydrogens (tertiary/aromatic N) is 1. The maximum Gasteiger partial charge on any atom is 0.488 e. The van der Waals surface area contributed by atoms with E-state index in [1.54, 1.807) is 26.4 Å². The van der Waals surface area contributed by atoms with Gasteiger partial charge in [0.05, 0.1) is 19.9 Å². The monoisotopic (exact) mass is 384 g/mol. The van der Waals surface area contributed by atoms with Crippen LogP contribution in [0, 0.1) is 0 Å². The van der Waals surface area contributed by atoms with Crippen molar-refractivity contribution in [3.8, 4) is 22.8 Å². The smallest absolute Gasteiger partial charge is 0.488 e. The van der Waals surface area contributed by atoms with E-state index in [4.69, 9.17) is 19.5 Å². The van der Waals surface area contributed by atoms with E-state index in [1.165, 1.54) is 11.3 Å². The summed E-state index contributed by atoms with van der Waals surface area (Å²) in [6.45, 7) is 0.748. The number of hydrogen-bond donors (Lipinski definition) is 3. The number of thiazole rings is 1. The molecular formula is C19H21BN2O4S. The van der Waals surface area contributed by atoms with Gasteiger partial charge in [-0.05, 0) is 29.6 Å². The summed E-state index contributed by atoms with van der Waals surface area (Å²) in [5.41, 5.74) is 3.40. The van der Waals surface area contributed by atoms with E-state index in [2.05, 4.69) is 10.3 Å². The number of methoxy groups -OCH3 is 2. The molecule has 0 spiro atoms. The summed E-state index contributed by atoms with van der Waals surface area (Å²) >= 11 is 1.54. The van der Waals surface area contributed by atoms with E-state index in [0.29, 0.717) is 5.46 Å². The molecule has 1 heterocycles. The zero-order valence-electron chi connectivity index (χ0n) is 15.2. The number of benzene rings is 2. The third-order valence-corrected chi connectivity index (χ3v) is 4.95. The Labute approximate surface area is 162 Å². The van der Waals surface area contributed by atoms with Gasteiger partial charge in [-0.1, -0.05) is 30.3 Å². The van der Waals surface area contributed by atoms with Crippen LogP contribution in [-0.2, 0) is 6.42 Å². The molecule has 8 heteroatoms. The minimum absolute atomic E-state index is 0.460. The highest BCUT2D eigenvalue weighted by Crippen LogP contribution is 2.28. The van der Waals surface area contributed by atoms with Gasteiger partial charge in [-0.2, -0.15) is 0 Å². The molecule has 2 aromatic carbocycles. The Kier molecular flexibility index (Phi) is 6.34. The van der Waals surface area contributed by atoms with Gasteiger partial charge in [0, 0.05) is 17.5 Å². The Morgan fingerprint density at radius 1 is 1.04 bits per heavy atom. The number of rotatable bonds is 8. The summed E-state index contributed by atoms with van der Waals surface area (Å²) in [4.78, 5) is 4.59. The second kappa shape index (κ2) is 8.90. The van der Waals surface area contributed by atoms with Gasteiger partial charge in [0.1, 0.15) is 0 Å². The average Bonchev–Trinajstić information content (AvgIpc) is 3.16. The molecule has 27 heavy (non-hydrogen) atoms. The van der Waals surface area contributed by atoms with Crippen molar-refractivity contribution in [1.82, 2.24) is 4.98 Å². The Hall–Kier alpha value is -2.55. The van der Waals surface area contributed by atoms with Gasteiger partial charge in [-0.3, -0.25) is 0 Å². The molecule has 0 aliphatic heterocycles. The first kappa shape index (κ1) is 19.2. The number of ether oxygens (including phenoxy) is 2. The van der Waals surface area contributed by atoms with Crippen molar-refractivity contribution in [2.24, 2.45) is 0 Å². The van der Waals surface area contributed by atoms with Gasteiger partial charge in [0.2, 0.25) is 0 Å². The minimum Gasteiger partial charge on any atom is -0.493 e. The molecule has 0 aliphatic carbocycles. The van der Waals surface area contributed by atoms with Crippen molar-refractivity contribution in [3.05, 3.63) is 53.4 Å². The van der Waals surface area contributed by atoms with Crippen LogP contribution in [0.15, 0.2) is 47.8 Å². The van der Waals surface area contributed by atoms with Crippen LogP contribution in [0.3, 0.4) is 0 Å². The first-order valence-electron chi connectivity index (χ1n) is 8.47. The fourth-order valence-electron chi connectivity index (χ4n) is 2.66. The fourth-order valence-corrected chi connectivity index (χ4v) is 3.41. The summed E-state index contributed by atoms with van der Waals surface area (Å²) in [7, 11) is 1.80. The second-order valence-electron chi connectivity index (χ2n) is 5.90. The predicted molar refractivity (Wildman–Crippen MR) is 109 cm³/mol. The molecule has 0 aliphatic rings. The number of hydrogen-bond acceptors (Lipinski definition) is 7. The Morgan fingerprint density at radius 3 is 2.44 bits per heavy atom. The SMILES string of the molecule is COc1ccc(CCNc2nc(-c3ccc(B(O)O)cc3)cs2)cc1OC. The lowest BCUT2D eigenvalue weighted by atomic mass is 9.80. The quantitative estimate of drug-likeness (QED) is 0.517. The Morgan fingerprint density at radius 2 is 1.78 bits per heavy atom. The molecule has 1 aromatic heterocycles. The van der Waals surface area contributed by atoms with Crippen molar-refractivity contribution < 1.29 is 19.5 Å². The van der Waals surface area contributed by atoms with Crippen LogP contribution in [0.25, 0.3) is 11.3 Å². The van der Waals surface area contributed by atoms with Gasteiger partial charge >= 0.3 is 7.12 Å². The summed E-state index contributed by atoms with van der Waals surface area (Å²) < 4.78 is 10.6. The highest BCUT2D eigenvalue weighted by molar-refractivity contribution is 7.14. The number of aromatic nitrogens is 1. The molecule has 0 radical (unpaired) electrons. The molecule has 0 unspecified atom stereocenters. The maximum atomic E-state index is 9.16. The average molecular weight is 384 g/mol. The molecule has 0 amide bonds. The van der Waals surface area contributed by atoms with Crippen LogP contribution in [0.2, 0.25) is 0 Å².